The Morgan fingerprint density at radius 1 is 0.956 bits per heavy atom. The molecule has 2 unspecified atom stereocenters. The number of ether oxygens (including phenoxy) is 2. The highest BCUT2D eigenvalue weighted by Crippen LogP contribution is 2.58. The third-order valence-electron chi connectivity index (χ3n) is 7.45. The van der Waals surface area contributed by atoms with Gasteiger partial charge in [0.1, 0.15) is 42.6 Å². The molecule has 0 bridgehead atoms. The van der Waals surface area contributed by atoms with E-state index >= 15 is 0 Å². The van der Waals surface area contributed by atoms with E-state index in [1.54, 1.807) is 0 Å². The van der Waals surface area contributed by atoms with Crippen molar-refractivity contribution in [3.63, 3.8) is 0 Å². The van der Waals surface area contributed by atoms with Crippen molar-refractivity contribution in [3.8, 4) is 0 Å². The number of nitrogens with two attached hydrogens (primary N) is 2. The first-order valence-electron chi connectivity index (χ1n) is 13.2. The summed E-state index contributed by atoms with van der Waals surface area (Å²) in [5.74, 6) is -0.152. The lowest BCUT2D eigenvalue weighted by Crippen LogP contribution is -2.37. The molecule has 3 saturated heterocycles. The summed E-state index contributed by atoms with van der Waals surface area (Å²) in [5.41, 5.74) is 10.5. The van der Waals surface area contributed by atoms with Gasteiger partial charge in [0.15, 0.2) is 22.9 Å². The molecule has 4 aromatic heterocycles. The predicted molar refractivity (Wildman–Crippen MR) is 154 cm³/mol. The molecule has 0 amide bonds. The van der Waals surface area contributed by atoms with Crippen LogP contribution in [0.2, 0.25) is 0 Å². The van der Waals surface area contributed by atoms with Crippen molar-refractivity contribution < 1.29 is 46.7 Å². The Morgan fingerprint density at radius 3 is 2.47 bits per heavy atom. The number of aliphatic hydroxyl groups excluding tert-OH is 1. The molecule has 0 saturated carbocycles. The number of fused-ring (bicyclic) bond motifs is 4. The van der Waals surface area contributed by atoms with E-state index in [0.717, 1.165) is 0 Å². The quantitative estimate of drug-likeness (QED) is 0.103. The lowest BCUT2D eigenvalue weighted by Gasteiger charge is -2.27. The first-order valence-corrected chi connectivity index (χ1v) is 17.4. The van der Waals surface area contributed by atoms with Crippen molar-refractivity contribution in [2.24, 2.45) is 0 Å². The number of thiol groups is 1. The van der Waals surface area contributed by atoms with Gasteiger partial charge in [-0.25, -0.2) is 19.1 Å². The van der Waals surface area contributed by atoms with Gasteiger partial charge >= 0.3 is 14.6 Å². The number of rotatable bonds is 2. The molecule has 3 aliphatic rings. The van der Waals surface area contributed by atoms with Crippen LogP contribution in [0, 0.1) is 0 Å². The molecule has 9 atom stereocenters. The topological polar surface area (TPSA) is 296 Å². The van der Waals surface area contributed by atoms with Crippen molar-refractivity contribution in [2.75, 3.05) is 24.7 Å². The molecule has 242 valence electrons. The second-order valence-electron chi connectivity index (χ2n) is 10.4. The van der Waals surface area contributed by atoms with Crippen LogP contribution in [0.1, 0.15) is 18.9 Å². The molecule has 8 N–H and O–H groups in total. The normalized spacial score (nSPS) is 36.0. The number of H-pyrrole nitrogens is 2. The van der Waals surface area contributed by atoms with Crippen LogP contribution in [0.5, 0.6) is 0 Å². The molecule has 3 fully saturated rings. The van der Waals surface area contributed by atoms with E-state index in [0.29, 0.717) is 0 Å². The SMILES string of the molecule is Nc1cc2c(ncn2[C@@H]2O[C@@H]3COP(=O)(O)O[C@H]4C[C@H](n5cnc6c(=O)[nH]c(N)nc65)O[C@@H]4COP(=O)(S)O[C@H]3[C@H]2O)c(=O)[nH]1. The number of aliphatic hydroxyl groups is 1. The summed E-state index contributed by atoms with van der Waals surface area (Å²) >= 11 is 4.05. The van der Waals surface area contributed by atoms with E-state index in [2.05, 4.69) is 37.2 Å². The first kappa shape index (κ1) is 30.5. The number of nitrogens with one attached hydrogen (secondary N) is 2. The fraction of sp³-hybridized carbons (Fsp3) is 0.476. The number of imidazole rings is 2. The number of anilines is 2. The van der Waals surface area contributed by atoms with Crippen molar-refractivity contribution in [1.82, 2.24) is 34.1 Å². The van der Waals surface area contributed by atoms with Crippen molar-refractivity contribution in [3.05, 3.63) is 39.4 Å². The van der Waals surface area contributed by atoms with Gasteiger partial charge in [-0.2, -0.15) is 4.98 Å². The van der Waals surface area contributed by atoms with Gasteiger partial charge in [0.05, 0.1) is 31.4 Å². The summed E-state index contributed by atoms with van der Waals surface area (Å²) in [4.78, 5) is 52.0. The lowest BCUT2D eigenvalue weighted by molar-refractivity contribution is -0.0613. The number of aromatic amines is 2. The molecule has 4 aromatic rings. The fourth-order valence-electron chi connectivity index (χ4n) is 5.49. The molecule has 7 heterocycles. The van der Waals surface area contributed by atoms with Gasteiger partial charge in [-0.15, -0.1) is 0 Å². The van der Waals surface area contributed by atoms with Crippen molar-refractivity contribution in [2.45, 2.75) is 49.4 Å². The average molecular weight is 689 g/mol. The lowest BCUT2D eigenvalue weighted by atomic mass is 10.1. The number of pyridine rings is 1. The molecule has 24 heteroatoms. The van der Waals surface area contributed by atoms with E-state index in [9.17, 15) is 28.7 Å². The zero-order valence-corrected chi connectivity index (χ0v) is 25.3. The first-order chi connectivity index (χ1) is 21.3. The van der Waals surface area contributed by atoms with Crippen LogP contribution in [0.25, 0.3) is 22.2 Å². The molecule has 0 spiro atoms. The Bertz CT molecular complexity index is 2020. The summed E-state index contributed by atoms with van der Waals surface area (Å²) in [5, 5.41) is 11.2. The minimum absolute atomic E-state index is 0.000829. The Kier molecular flexibility index (Phi) is 7.45. The zero-order valence-electron chi connectivity index (χ0n) is 22.6. The number of nitrogens with zero attached hydrogens (tertiary/aromatic N) is 5. The molecule has 45 heavy (non-hydrogen) atoms. The Labute approximate surface area is 255 Å². The standard InChI is InChI=1S/C21H25N9O12P2S/c22-11-1-7-13(18(32)26-11)24-5-29(7)20-15(31)16-10(40-20)4-37-43(34,35)41-8-2-12(39-9(8)3-38-44(36,45)42-16)30-6-25-14-17(30)27-21(23)28-19(14)33/h1,5-6,8-10,12,15-16,20,31H,2-4H2,(H,34,35)(H,36,45)(H3,22,26,32)(H3,23,27,28,33)/t8-,9+,10+,12+,15+,16+,20+,44?/m0/s1. The van der Waals surface area contributed by atoms with Crippen LogP contribution in [-0.4, -0.2) is 87.8 Å². The molecule has 0 radical (unpaired) electrons. The molecule has 3 aliphatic heterocycles. The van der Waals surface area contributed by atoms with Crippen LogP contribution >= 0.6 is 26.9 Å². The summed E-state index contributed by atoms with van der Waals surface area (Å²) in [6, 6.07) is 1.39. The van der Waals surface area contributed by atoms with E-state index in [-0.39, 0.29) is 40.4 Å². The van der Waals surface area contributed by atoms with Gasteiger partial charge in [0.2, 0.25) is 5.95 Å². The number of nitrogen functional groups attached to an aromatic ring is 2. The third kappa shape index (κ3) is 5.61. The number of aromatic nitrogens is 7. The summed E-state index contributed by atoms with van der Waals surface area (Å²) in [6.07, 6.45) is -6.52. The van der Waals surface area contributed by atoms with Gasteiger partial charge in [-0.05, 0) is 0 Å². The maximum Gasteiger partial charge on any atom is 0.472 e. The van der Waals surface area contributed by atoms with Crippen molar-refractivity contribution in [1.29, 1.82) is 0 Å². The Morgan fingerprint density at radius 2 is 1.67 bits per heavy atom. The summed E-state index contributed by atoms with van der Waals surface area (Å²) in [7, 11) is -4.85. The van der Waals surface area contributed by atoms with Crippen LogP contribution in [0.4, 0.5) is 11.8 Å². The Balaban J connectivity index is 1.16. The Hall–Kier alpha value is -3.14. The zero-order chi connectivity index (χ0) is 31.8. The van der Waals surface area contributed by atoms with E-state index < -0.39 is 81.9 Å². The summed E-state index contributed by atoms with van der Waals surface area (Å²) < 4.78 is 62.8. The maximum atomic E-state index is 13.4. The fourth-order valence-corrected chi connectivity index (χ4v) is 7.94. The largest absolute Gasteiger partial charge is 0.472 e. The molecule has 0 aliphatic carbocycles. The van der Waals surface area contributed by atoms with E-state index in [1.807, 2.05) is 0 Å². The third-order valence-corrected chi connectivity index (χ3v) is 10.1. The van der Waals surface area contributed by atoms with Gasteiger partial charge < -0.3 is 40.5 Å². The molecule has 21 nitrogen and oxygen atoms in total. The van der Waals surface area contributed by atoms with Crippen LogP contribution in [0.3, 0.4) is 0 Å². The van der Waals surface area contributed by atoms with Gasteiger partial charge in [-0.1, -0.05) is 12.2 Å². The minimum atomic E-state index is -4.85. The van der Waals surface area contributed by atoms with Crippen LogP contribution < -0.4 is 22.6 Å². The highest BCUT2D eigenvalue weighted by Gasteiger charge is 2.51. The number of phosphoric ester groups is 1. The molecule has 7 rings (SSSR count). The molecule has 0 aromatic carbocycles. The molecular formula is C21H25N9O12P2S. The number of hydrogen-bond acceptors (Lipinski definition) is 16. The van der Waals surface area contributed by atoms with E-state index in [4.69, 9.17) is 39.0 Å². The van der Waals surface area contributed by atoms with Crippen LogP contribution in [-0.2, 0) is 36.7 Å². The number of hydrogen-bond donors (Lipinski definition) is 7. The monoisotopic (exact) mass is 689 g/mol. The highest BCUT2D eigenvalue weighted by atomic mass is 32.7. The van der Waals surface area contributed by atoms with E-state index in [1.165, 1.54) is 27.9 Å². The maximum absolute atomic E-state index is 13.4. The minimum Gasteiger partial charge on any atom is -0.386 e. The smallest absolute Gasteiger partial charge is 0.386 e. The second kappa shape index (κ2) is 11.0. The summed E-state index contributed by atoms with van der Waals surface area (Å²) in [6.45, 7) is -5.49. The van der Waals surface area contributed by atoms with Gasteiger partial charge in [0.25, 0.3) is 11.1 Å². The average Bonchev–Trinajstić information content (AvgIpc) is 3.71. The highest BCUT2D eigenvalue weighted by molar-refractivity contribution is 8.44. The molecular weight excluding hydrogens is 664 g/mol. The van der Waals surface area contributed by atoms with Gasteiger partial charge in [-0.3, -0.25) is 37.2 Å². The second-order valence-corrected chi connectivity index (χ2v) is 14.7. The van der Waals surface area contributed by atoms with Gasteiger partial charge in [0, 0.05) is 12.5 Å². The van der Waals surface area contributed by atoms with Crippen molar-refractivity contribution >= 4 is 60.8 Å². The predicted octanol–water partition coefficient (Wildman–Crippen LogP) is -0.477. The number of phosphoric acid groups is 1. The van der Waals surface area contributed by atoms with Crippen LogP contribution in [0.15, 0.2) is 28.3 Å².